The van der Waals surface area contributed by atoms with Crippen molar-refractivity contribution in [2.45, 2.75) is 370 Å². The van der Waals surface area contributed by atoms with E-state index in [0.29, 0.717) is 47.0 Å². The molecule has 20 nitrogen and oxygen atoms in total. The summed E-state index contributed by atoms with van der Waals surface area (Å²) >= 11 is 6.98. The highest BCUT2D eigenvalue weighted by Crippen LogP contribution is 2.45. The number of likely N-dealkylation sites (tertiary alicyclic amines) is 4. The maximum absolute atomic E-state index is 12.6. The van der Waals surface area contributed by atoms with Crippen molar-refractivity contribution in [3.63, 3.8) is 0 Å². The number of methoxy groups -OCH3 is 1. The molecule has 736 valence electrons. The normalized spacial score (nSPS) is 22.3. The van der Waals surface area contributed by atoms with E-state index in [0.717, 1.165) is 73.0 Å². The van der Waals surface area contributed by atoms with Gasteiger partial charge >= 0.3 is 27.1 Å². The number of aromatic nitrogens is 3. The Labute approximate surface area is 827 Å². The number of ketones is 1. The number of nitrogens with one attached hydrogen (secondary N) is 1. The molecule has 135 heavy (non-hydrogen) atoms. The van der Waals surface area contributed by atoms with E-state index in [1.165, 1.54) is 301 Å². The number of phenols is 1. The summed E-state index contributed by atoms with van der Waals surface area (Å²) in [7, 11) is -0.672. The Balaban J connectivity index is 0.000000140. The van der Waals surface area contributed by atoms with Gasteiger partial charge in [-0.1, -0.05) is 205 Å². The van der Waals surface area contributed by atoms with E-state index in [-0.39, 0.29) is 40.6 Å². The van der Waals surface area contributed by atoms with Gasteiger partial charge in [0.1, 0.15) is 23.0 Å². The van der Waals surface area contributed by atoms with Crippen LogP contribution in [0.4, 0.5) is 0 Å². The Morgan fingerprint density at radius 3 is 1.06 bits per heavy atom. The SMILES string of the molecule is Brc1ccc(C2CCN(C3CCCCC3)CC2)cc1.Brc1ccc(C2CCNCC2)cc1.CC1(C)OB(B2OC(C)(C)C(C)(C)O2)OC1(C)C.CCOC(=O)c1nnn(Cc2ccc(OC)cc2)c1Oc1ccc(C2CCN(C3CCCCC3)CC2)cc1.O=C1CCCCC1.OB(O)c1ccc(C2CCN(C3CCCCC3)CC2)cc1.Oc1ccc(C2CCN(C3CCCCC3)CC2)cc1. The van der Waals surface area contributed by atoms with Crippen LogP contribution < -0.4 is 20.3 Å². The molecule has 0 bridgehead atoms. The number of aromatic hydroxyl groups is 1. The topological polar surface area (TPSA) is 215 Å². The zero-order valence-electron chi connectivity index (χ0n) is 83.4. The van der Waals surface area contributed by atoms with Crippen molar-refractivity contribution in [2.75, 3.05) is 79.2 Å². The lowest BCUT2D eigenvalue weighted by atomic mass is 9.49. The Bertz CT molecular complexity index is 4450. The third kappa shape index (κ3) is 31.4. The van der Waals surface area contributed by atoms with Crippen molar-refractivity contribution < 1.29 is 57.6 Å². The minimum absolute atomic E-state index is 0.0690. The quantitative estimate of drug-likeness (QED) is 0.0464. The summed E-state index contributed by atoms with van der Waals surface area (Å²) in [5.74, 6) is 5.43. The highest BCUT2D eigenvalue weighted by molar-refractivity contribution is 9.10. The molecule has 6 aromatic carbocycles. The van der Waals surface area contributed by atoms with Crippen molar-refractivity contribution in [2.24, 2.45) is 0 Å². The fraction of sp³-hybridized carbons (Fsp3) is 0.636. The number of ether oxygens (including phenoxy) is 3. The van der Waals surface area contributed by atoms with Gasteiger partial charge in [-0.25, -0.2) is 9.48 Å². The van der Waals surface area contributed by atoms with Crippen LogP contribution >= 0.6 is 31.9 Å². The number of phenolic OH excluding ortho intramolecular Hbond substituents is 1. The molecule has 7 saturated heterocycles. The molecule has 5 saturated carbocycles. The third-order valence-electron chi connectivity index (χ3n) is 32.0. The van der Waals surface area contributed by atoms with E-state index in [2.05, 4.69) is 152 Å². The number of esters is 1. The maximum atomic E-state index is 12.6. The van der Waals surface area contributed by atoms with Gasteiger partial charge in [0.2, 0.25) is 5.69 Å². The second-order valence-corrected chi connectivity index (χ2v) is 44.0. The smallest absolute Gasteiger partial charge is 0.488 e. The first kappa shape index (κ1) is 106. The van der Waals surface area contributed by atoms with E-state index in [9.17, 15) is 14.7 Å². The van der Waals surface area contributed by atoms with Crippen LogP contribution in [0.1, 0.15) is 361 Å². The molecule has 12 fully saturated rings. The summed E-state index contributed by atoms with van der Waals surface area (Å²) in [6.45, 7) is 30.9. The zero-order valence-corrected chi connectivity index (χ0v) is 86.6. The maximum Gasteiger partial charge on any atom is 0.488 e. The van der Waals surface area contributed by atoms with Crippen LogP contribution in [0.25, 0.3) is 0 Å². The number of carbonyl (C=O) groups excluding carboxylic acids is 2. The van der Waals surface area contributed by atoms with E-state index < -0.39 is 27.1 Å². The lowest BCUT2D eigenvalue weighted by Crippen LogP contribution is -2.41. The fourth-order valence-corrected chi connectivity index (χ4v) is 22.6. The summed E-state index contributed by atoms with van der Waals surface area (Å²) in [5, 5.41) is 39.3. The summed E-state index contributed by atoms with van der Waals surface area (Å²) in [6.07, 6.45) is 46.3. The van der Waals surface area contributed by atoms with Crippen molar-refractivity contribution in [1.82, 2.24) is 39.9 Å². The van der Waals surface area contributed by atoms with Gasteiger partial charge in [0.05, 0.1) is 42.7 Å². The van der Waals surface area contributed by atoms with Crippen molar-refractivity contribution >= 4 is 70.2 Å². The molecular formula is C110H161B3Br2N8O12. The first-order valence-corrected chi connectivity index (χ1v) is 53.9. The van der Waals surface area contributed by atoms with Gasteiger partial charge in [0.15, 0.2) is 0 Å². The van der Waals surface area contributed by atoms with Gasteiger partial charge in [-0.2, -0.15) is 0 Å². The Hall–Kier alpha value is -6.29. The van der Waals surface area contributed by atoms with Crippen LogP contribution in [0.5, 0.6) is 23.1 Å². The van der Waals surface area contributed by atoms with Crippen LogP contribution in [-0.4, -0.2) is 208 Å². The van der Waals surface area contributed by atoms with Gasteiger partial charge in [-0.05, 0) is 385 Å². The number of carbonyl (C=O) groups is 2. The molecule has 19 rings (SSSR count). The van der Waals surface area contributed by atoms with E-state index in [1.54, 1.807) is 18.7 Å². The van der Waals surface area contributed by atoms with Crippen LogP contribution in [0, 0.1) is 0 Å². The molecule has 25 heteroatoms. The molecule has 7 aliphatic heterocycles. The molecular weight excluding hydrogens is 1820 g/mol. The van der Waals surface area contributed by atoms with Crippen LogP contribution in [0.3, 0.4) is 0 Å². The molecule has 4 N–H and O–H groups in total. The van der Waals surface area contributed by atoms with E-state index >= 15 is 0 Å². The number of halogens is 2. The zero-order chi connectivity index (χ0) is 95.3. The molecule has 0 spiro atoms. The highest BCUT2D eigenvalue weighted by atomic mass is 79.9. The summed E-state index contributed by atoms with van der Waals surface area (Å²) in [5.41, 5.74) is 7.31. The number of hydrogen-bond donors (Lipinski definition) is 4. The standard InChI is InChI=1S/C30H38N4O4.C17H26BNO2.C17H24BrN.C17H25NO.C12H24B2O4.C11H14BrN.C6H10O/c1-3-37-30(35)28-29(34(32-31-28)21-22-9-13-26(36-2)14-10-22)38-27-15-11-23(12-16-27)24-17-19-33(20-18-24)25-7-5-4-6-8-25;20-18(21)16-8-6-14(7-9-16)15-10-12-19(13-11-15)17-4-2-1-3-5-17;18-16-8-6-14(7-9-16)15-10-12-19(13-11-15)17-4-2-1-3-5-17;19-17-8-6-14(7-9-17)15-10-12-18(13-11-15)16-4-2-1-3-5-16;1-9(2)10(3,4)16-13(15-9)14-17-11(5,6)12(7,8)18-14;12-11-3-1-9(2-4-11)10-5-7-13-8-6-10;7-6-4-2-1-3-5-6/h9-16,24-25H,3-8,17-21H2,1-2H3;6-9,15,17,20-21H,1-5,10-13H2;6-9,15,17H,1-5,10-13H2;6-9,15-16,19H,1-5,10-13H2;1-8H3;1-4,10,13H,5-8H2;1-5H2. The minimum Gasteiger partial charge on any atom is -0.508 e. The lowest BCUT2D eigenvalue weighted by Gasteiger charge is -2.39. The van der Waals surface area contributed by atoms with Crippen molar-refractivity contribution in [3.8, 4) is 23.1 Å². The molecule has 0 unspecified atom stereocenters. The average molecular weight is 1980 g/mol. The second-order valence-electron chi connectivity index (χ2n) is 42.2. The Morgan fingerprint density at radius 1 is 0.430 bits per heavy atom. The van der Waals surface area contributed by atoms with Gasteiger partial charge in [-0.3, -0.25) is 4.79 Å². The van der Waals surface area contributed by atoms with Crippen LogP contribution in [0.15, 0.2) is 155 Å². The summed E-state index contributed by atoms with van der Waals surface area (Å²) in [6, 6.07) is 52.7. The van der Waals surface area contributed by atoms with E-state index in [1.807, 2.05) is 116 Å². The van der Waals surface area contributed by atoms with Gasteiger partial charge in [0, 0.05) is 46.0 Å². The average Bonchev–Trinajstić information content (AvgIpc) is 1.59. The second kappa shape index (κ2) is 52.5. The summed E-state index contributed by atoms with van der Waals surface area (Å²) < 4.78 is 44.4. The third-order valence-corrected chi connectivity index (χ3v) is 33.0. The minimum atomic E-state index is -1.35. The van der Waals surface area contributed by atoms with Gasteiger partial charge in [-0.15, -0.1) is 5.10 Å². The molecule has 0 atom stereocenters. The fourth-order valence-electron chi connectivity index (χ4n) is 22.1. The van der Waals surface area contributed by atoms with Gasteiger partial charge < -0.3 is 72.9 Å². The molecule has 5 aliphatic carbocycles. The first-order chi connectivity index (χ1) is 65.2. The monoisotopic (exact) mass is 1980 g/mol. The summed E-state index contributed by atoms with van der Waals surface area (Å²) in [4.78, 5) is 34.0. The molecule has 0 amide bonds. The predicted molar refractivity (Wildman–Crippen MR) is 554 cm³/mol. The number of benzene rings is 6. The van der Waals surface area contributed by atoms with Crippen LogP contribution in [-0.2, 0) is 34.7 Å². The molecule has 8 heterocycles. The van der Waals surface area contributed by atoms with Gasteiger partial charge in [0.25, 0.3) is 5.88 Å². The molecule has 1 aromatic heterocycles. The lowest BCUT2D eigenvalue weighted by molar-refractivity contribution is -0.120. The predicted octanol–water partition coefficient (Wildman–Crippen LogP) is 23.2. The van der Waals surface area contributed by atoms with E-state index in [4.69, 9.17) is 42.9 Å². The number of Topliss-reactive ketones (excluding diaryl/α,β-unsaturated/α-hetero) is 1. The number of hydrogen-bond acceptors (Lipinski definition) is 19. The van der Waals surface area contributed by atoms with Crippen LogP contribution in [0.2, 0.25) is 0 Å². The van der Waals surface area contributed by atoms with Crippen molar-refractivity contribution in [1.29, 1.82) is 0 Å². The highest BCUT2D eigenvalue weighted by Gasteiger charge is 2.64. The van der Waals surface area contributed by atoms with Crippen molar-refractivity contribution in [3.05, 3.63) is 194 Å². The first-order valence-electron chi connectivity index (χ1n) is 52.3. The molecule has 12 aliphatic rings. The number of rotatable bonds is 18. The molecule has 7 aromatic rings. The molecule has 0 radical (unpaired) electrons. The largest absolute Gasteiger partial charge is 0.508 e. The number of nitrogens with zero attached hydrogens (tertiary/aromatic N) is 7. The number of piperidine rings is 5. The Morgan fingerprint density at radius 2 is 0.741 bits per heavy atom. The Kier molecular flexibility index (Phi) is 41.2.